The van der Waals surface area contributed by atoms with Crippen LogP contribution >= 0.6 is 34.5 Å². The summed E-state index contributed by atoms with van der Waals surface area (Å²) in [6.45, 7) is 0.711. The summed E-state index contributed by atoms with van der Waals surface area (Å²) in [5, 5.41) is 9.45. The second-order valence-corrected chi connectivity index (χ2v) is 11.4. The molecule has 2 aromatic heterocycles. The van der Waals surface area contributed by atoms with Gasteiger partial charge in [0.1, 0.15) is 17.2 Å². The molecule has 1 aliphatic rings. The summed E-state index contributed by atoms with van der Waals surface area (Å²) >= 11 is 13.9. The van der Waals surface area contributed by atoms with Gasteiger partial charge in [-0.2, -0.15) is 0 Å². The molecular formula is C30H27Cl2N5OS. The van der Waals surface area contributed by atoms with Crippen molar-refractivity contribution in [1.29, 1.82) is 0 Å². The van der Waals surface area contributed by atoms with E-state index in [1.54, 1.807) is 31.0 Å². The fourth-order valence-electron chi connectivity index (χ4n) is 5.20. The van der Waals surface area contributed by atoms with Gasteiger partial charge in [-0.1, -0.05) is 65.7 Å². The fourth-order valence-corrected chi connectivity index (χ4v) is 6.57. The SMILES string of the molecule is COc1cc(Nc2nc3c(s2)CCCC3(NCc2ccc(Cl)cc2)c2ccccc2)ccc1-n1cnc(Cl)c1. The molecule has 2 heterocycles. The van der Waals surface area contributed by atoms with Crippen LogP contribution in [0.4, 0.5) is 10.8 Å². The Kier molecular flexibility index (Phi) is 7.32. The third-order valence-corrected chi connectivity index (χ3v) is 8.57. The minimum absolute atomic E-state index is 0.382. The van der Waals surface area contributed by atoms with E-state index in [9.17, 15) is 0 Å². The molecule has 2 N–H and O–H groups in total. The average molecular weight is 577 g/mol. The van der Waals surface area contributed by atoms with E-state index in [0.717, 1.165) is 46.5 Å². The van der Waals surface area contributed by atoms with E-state index in [-0.39, 0.29) is 5.54 Å². The van der Waals surface area contributed by atoms with E-state index in [0.29, 0.717) is 17.4 Å². The molecular weight excluding hydrogens is 549 g/mol. The molecule has 0 aliphatic heterocycles. The van der Waals surface area contributed by atoms with Crippen molar-refractivity contribution in [2.24, 2.45) is 0 Å². The van der Waals surface area contributed by atoms with Gasteiger partial charge in [0.25, 0.3) is 0 Å². The lowest BCUT2D eigenvalue weighted by molar-refractivity contribution is 0.335. The molecule has 0 spiro atoms. The average Bonchev–Trinajstić information content (AvgIpc) is 3.59. The van der Waals surface area contributed by atoms with Gasteiger partial charge in [0, 0.05) is 34.4 Å². The Balaban J connectivity index is 1.32. The van der Waals surface area contributed by atoms with Crippen LogP contribution in [-0.2, 0) is 18.5 Å². The number of anilines is 2. The highest BCUT2D eigenvalue weighted by molar-refractivity contribution is 7.15. The molecule has 5 aromatic rings. The molecule has 6 rings (SSSR count). The van der Waals surface area contributed by atoms with Crippen LogP contribution in [-0.4, -0.2) is 21.6 Å². The highest BCUT2D eigenvalue weighted by atomic mass is 35.5. The van der Waals surface area contributed by atoms with Gasteiger partial charge in [0.05, 0.1) is 24.0 Å². The monoisotopic (exact) mass is 575 g/mol. The molecule has 0 bridgehead atoms. The van der Waals surface area contributed by atoms with Crippen LogP contribution < -0.4 is 15.4 Å². The van der Waals surface area contributed by atoms with Crippen LogP contribution in [0, 0.1) is 0 Å². The zero-order valence-corrected chi connectivity index (χ0v) is 23.7. The first kappa shape index (κ1) is 25.9. The molecule has 3 aromatic carbocycles. The summed E-state index contributed by atoms with van der Waals surface area (Å²) in [6.07, 6.45) is 6.48. The number of thiazole rings is 1. The number of ether oxygens (including phenoxy) is 1. The molecule has 39 heavy (non-hydrogen) atoms. The van der Waals surface area contributed by atoms with Crippen LogP contribution in [0.1, 0.15) is 34.5 Å². The number of imidazole rings is 1. The molecule has 0 radical (unpaired) electrons. The molecule has 0 amide bonds. The Labute approximate surface area is 241 Å². The standard InChI is InChI=1S/C30H27Cl2N5OS/c1-38-25-16-23(13-14-24(25)37-18-27(32)33-19-37)35-29-36-28-26(39-29)8-5-15-30(28,21-6-3-2-4-7-21)34-17-20-9-11-22(31)12-10-20/h2-4,6-7,9-14,16,18-19,34H,5,8,15,17H2,1H3,(H,35,36). The van der Waals surface area contributed by atoms with E-state index in [1.165, 1.54) is 16.0 Å². The molecule has 0 fully saturated rings. The second kappa shape index (κ2) is 11.0. The maximum absolute atomic E-state index is 6.13. The fraction of sp³-hybridized carbons (Fsp3) is 0.200. The van der Waals surface area contributed by atoms with Crippen LogP contribution in [0.25, 0.3) is 5.69 Å². The predicted molar refractivity (Wildman–Crippen MR) is 159 cm³/mol. The number of halogens is 2. The number of nitrogens with zero attached hydrogens (tertiary/aromatic N) is 3. The largest absolute Gasteiger partial charge is 0.494 e. The lowest BCUT2D eigenvalue weighted by atomic mass is 9.77. The molecule has 198 valence electrons. The highest BCUT2D eigenvalue weighted by Gasteiger charge is 2.41. The van der Waals surface area contributed by atoms with Gasteiger partial charge in [-0.15, -0.1) is 11.3 Å². The second-order valence-electron chi connectivity index (χ2n) is 9.51. The number of rotatable bonds is 8. The van der Waals surface area contributed by atoms with Gasteiger partial charge in [0.2, 0.25) is 0 Å². The van der Waals surface area contributed by atoms with Crippen molar-refractivity contribution in [2.75, 3.05) is 12.4 Å². The Bertz CT molecular complexity index is 1580. The molecule has 9 heteroatoms. The van der Waals surface area contributed by atoms with Gasteiger partial charge in [-0.3, -0.25) is 5.32 Å². The number of methoxy groups -OCH3 is 1. The third-order valence-electron chi connectivity index (χ3n) is 7.09. The van der Waals surface area contributed by atoms with Gasteiger partial charge < -0.3 is 14.6 Å². The summed E-state index contributed by atoms with van der Waals surface area (Å²) in [6, 6.07) is 24.6. The number of hydrogen-bond acceptors (Lipinski definition) is 6. The number of aryl methyl sites for hydroxylation is 1. The van der Waals surface area contributed by atoms with Crippen molar-refractivity contribution in [2.45, 2.75) is 31.3 Å². The quantitative estimate of drug-likeness (QED) is 0.198. The van der Waals surface area contributed by atoms with E-state index in [1.807, 2.05) is 34.9 Å². The van der Waals surface area contributed by atoms with E-state index >= 15 is 0 Å². The summed E-state index contributed by atoms with van der Waals surface area (Å²) in [4.78, 5) is 10.6. The zero-order chi connectivity index (χ0) is 26.8. The number of hydrogen-bond donors (Lipinski definition) is 2. The third kappa shape index (κ3) is 5.28. The Hall–Kier alpha value is -3.36. The van der Waals surface area contributed by atoms with Crippen LogP contribution in [0.5, 0.6) is 5.75 Å². The summed E-state index contributed by atoms with van der Waals surface area (Å²) in [5.74, 6) is 0.707. The van der Waals surface area contributed by atoms with Crippen molar-refractivity contribution in [1.82, 2.24) is 19.9 Å². The van der Waals surface area contributed by atoms with E-state index in [4.69, 9.17) is 32.9 Å². The van der Waals surface area contributed by atoms with Crippen molar-refractivity contribution in [3.63, 3.8) is 0 Å². The molecule has 0 saturated carbocycles. The first-order chi connectivity index (χ1) is 19.0. The maximum atomic E-state index is 6.13. The van der Waals surface area contributed by atoms with Crippen LogP contribution in [0.2, 0.25) is 10.2 Å². The smallest absolute Gasteiger partial charge is 0.187 e. The van der Waals surface area contributed by atoms with Crippen molar-refractivity contribution in [3.8, 4) is 11.4 Å². The number of fused-ring (bicyclic) bond motifs is 1. The Morgan fingerprint density at radius 2 is 1.87 bits per heavy atom. The summed E-state index contributed by atoms with van der Waals surface area (Å²) in [5.41, 5.74) is 4.87. The first-order valence-electron chi connectivity index (χ1n) is 12.7. The number of benzene rings is 3. The zero-order valence-electron chi connectivity index (χ0n) is 21.3. The van der Waals surface area contributed by atoms with Gasteiger partial charge in [-0.25, -0.2) is 9.97 Å². The molecule has 1 unspecified atom stereocenters. The van der Waals surface area contributed by atoms with Crippen LogP contribution in [0.3, 0.4) is 0 Å². The van der Waals surface area contributed by atoms with E-state index < -0.39 is 0 Å². The number of aromatic nitrogens is 3. The van der Waals surface area contributed by atoms with Crippen LogP contribution in [0.15, 0.2) is 85.3 Å². The van der Waals surface area contributed by atoms with Crippen molar-refractivity contribution < 1.29 is 4.74 Å². The molecule has 1 aliphatic carbocycles. The lowest BCUT2D eigenvalue weighted by Crippen LogP contribution is -2.45. The normalized spacial score (nSPS) is 16.6. The predicted octanol–water partition coefficient (Wildman–Crippen LogP) is 7.76. The van der Waals surface area contributed by atoms with Crippen molar-refractivity contribution >= 4 is 45.4 Å². The van der Waals surface area contributed by atoms with E-state index in [2.05, 4.69) is 58.1 Å². The molecule has 6 nitrogen and oxygen atoms in total. The number of nitrogens with one attached hydrogen (secondary N) is 2. The highest BCUT2D eigenvalue weighted by Crippen LogP contribution is 2.44. The van der Waals surface area contributed by atoms with Gasteiger partial charge >= 0.3 is 0 Å². The lowest BCUT2D eigenvalue weighted by Gasteiger charge is -2.38. The van der Waals surface area contributed by atoms with Crippen molar-refractivity contribution in [3.05, 3.63) is 117 Å². The topological polar surface area (TPSA) is 64.0 Å². The minimum atomic E-state index is -0.382. The minimum Gasteiger partial charge on any atom is -0.494 e. The maximum Gasteiger partial charge on any atom is 0.187 e. The summed E-state index contributed by atoms with van der Waals surface area (Å²) < 4.78 is 7.51. The molecule has 1 atom stereocenters. The summed E-state index contributed by atoms with van der Waals surface area (Å²) in [7, 11) is 1.66. The Morgan fingerprint density at radius 1 is 1.05 bits per heavy atom. The van der Waals surface area contributed by atoms with Gasteiger partial charge in [0.15, 0.2) is 5.13 Å². The first-order valence-corrected chi connectivity index (χ1v) is 14.3. The van der Waals surface area contributed by atoms with Gasteiger partial charge in [-0.05, 0) is 54.7 Å². The Morgan fingerprint density at radius 3 is 2.62 bits per heavy atom. The molecule has 0 saturated heterocycles.